The summed E-state index contributed by atoms with van der Waals surface area (Å²) >= 11 is 0. The Morgan fingerprint density at radius 1 is 1.25 bits per heavy atom. The van der Waals surface area contributed by atoms with E-state index in [1.54, 1.807) is 0 Å². The number of hydrogen-bond acceptors (Lipinski definition) is 5. The largest absolute Gasteiger partial charge is 0.469 e. The van der Waals surface area contributed by atoms with Crippen LogP contribution in [0.1, 0.15) is 25.8 Å². The first-order chi connectivity index (χ1) is 11.5. The number of carbonyl (C=O) groups excluding carboxylic acids is 1. The van der Waals surface area contributed by atoms with Crippen LogP contribution in [0, 0.1) is 17.3 Å². The van der Waals surface area contributed by atoms with Gasteiger partial charge >= 0.3 is 5.97 Å². The topological polar surface area (TPSA) is 54.0 Å². The summed E-state index contributed by atoms with van der Waals surface area (Å²) < 4.78 is 23.2. The molecule has 2 saturated carbocycles. The van der Waals surface area contributed by atoms with Gasteiger partial charge in [-0.05, 0) is 31.7 Å². The van der Waals surface area contributed by atoms with Gasteiger partial charge in [-0.25, -0.2) is 0 Å². The predicted octanol–water partition coefficient (Wildman–Crippen LogP) is 2.53. The average molecular weight is 332 g/mol. The lowest BCUT2D eigenvalue weighted by molar-refractivity contribution is -0.173. The van der Waals surface area contributed by atoms with Crippen molar-refractivity contribution in [3.63, 3.8) is 0 Å². The Morgan fingerprint density at radius 3 is 2.71 bits per heavy atom. The molecule has 1 saturated heterocycles. The Bertz CT molecular complexity index is 628. The van der Waals surface area contributed by atoms with Gasteiger partial charge in [0.05, 0.1) is 26.4 Å². The van der Waals surface area contributed by atoms with E-state index in [-0.39, 0.29) is 30.0 Å². The molecule has 130 valence electrons. The number of hydrogen-bond donors (Lipinski definition) is 0. The van der Waals surface area contributed by atoms with Crippen LogP contribution in [-0.2, 0) is 30.3 Å². The van der Waals surface area contributed by atoms with Gasteiger partial charge in [-0.1, -0.05) is 30.3 Å². The molecule has 2 aliphatic carbocycles. The lowest BCUT2D eigenvalue weighted by Gasteiger charge is -2.22. The van der Waals surface area contributed by atoms with Gasteiger partial charge < -0.3 is 18.9 Å². The Balaban J connectivity index is 1.47. The molecule has 4 rings (SSSR count). The van der Waals surface area contributed by atoms with Crippen LogP contribution < -0.4 is 0 Å². The van der Waals surface area contributed by atoms with Crippen LogP contribution in [0.15, 0.2) is 30.3 Å². The second-order valence-electron chi connectivity index (χ2n) is 7.53. The van der Waals surface area contributed by atoms with E-state index >= 15 is 0 Å². The smallest absolute Gasteiger partial charge is 0.314 e. The Kier molecular flexibility index (Phi) is 3.71. The van der Waals surface area contributed by atoms with Gasteiger partial charge in [0, 0.05) is 5.92 Å². The summed E-state index contributed by atoms with van der Waals surface area (Å²) in [5, 5.41) is 0. The predicted molar refractivity (Wildman–Crippen MR) is 86.0 cm³/mol. The van der Waals surface area contributed by atoms with Crippen molar-refractivity contribution in [2.45, 2.75) is 44.9 Å². The Morgan fingerprint density at radius 2 is 2.00 bits per heavy atom. The van der Waals surface area contributed by atoms with Crippen LogP contribution in [0.4, 0.5) is 0 Å². The SMILES string of the molecule is COC(=O)[C@@]12C[C@@H]1[C@@H](COCc1ccccc1)[C@@H]1OC(C)(C)O[C@@H]12. The molecule has 1 aromatic rings. The molecule has 0 spiro atoms. The summed E-state index contributed by atoms with van der Waals surface area (Å²) in [4.78, 5) is 12.4. The molecule has 3 fully saturated rings. The van der Waals surface area contributed by atoms with Crippen LogP contribution in [0.2, 0.25) is 0 Å². The summed E-state index contributed by atoms with van der Waals surface area (Å²) in [5.74, 6) is -0.442. The molecule has 0 radical (unpaired) electrons. The first-order valence-electron chi connectivity index (χ1n) is 8.54. The molecular weight excluding hydrogens is 308 g/mol. The van der Waals surface area contributed by atoms with Crippen molar-refractivity contribution >= 4 is 5.97 Å². The summed E-state index contributed by atoms with van der Waals surface area (Å²) in [6.45, 7) is 4.93. The second-order valence-corrected chi connectivity index (χ2v) is 7.53. The maximum Gasteiger partial charge on any atom is 0.314 e. The maximum absolute atomic E-state index is 12.4. The fourth-order valence-electron chi connectivity index (χ4n) is 4.53. The maximum atomic E-state index is 12.4. The fraction of sp³-hybridized carbons (Fsp3) is 0.632. The number of rotatable bonds is 5. The molecule has 5 nitrogen and oxygen atoms in total. The van der Waals surface area contributed by atoms with Gasteiger partial charge in [-0.15, -0.1) is 0 Å². The van der Waals surface area contributed by atoms with Crippen LogP contribution in [0.25, 0.3) is 0 Å². The van der Waals surface area contributed by atoms with E-state index in [0.29, 0.717) is 13.2 Å². The highest BCUT2D eigenvalue weighted by molar-refractivity contribution is 5.82. The minimum absolute atomic E-state index is 0.103. The molecule has 0 bridgehead atoms. The summed E-state index contributed by atoms with van der Waals surface area (Å²) in [6, 6.07) is 10.1. The zero-order chi connectivity index (χ0) is 16.9. The van der Waals surface area contributed by atoms with Gasteiger partial charge in [-0.2, -0.15) is 0 Å². The molecule has 5 heteroatoms. The van der Waals surface area contributed by atoms with Crippen molar-refractivity contribution in [3.8, 4) is 0 Å². The standard InChI is InChI=1S/C19H24O5/c1-18(2)23-15-13(11-22-10-12-7-5-4-6-8-12)14-9-19(14,16(15)24-18)17(20)21-3/h4-8,13-16H,9-11H2,1-3H3/t13-,14-,15+,16+,19+/m1/s1. The van der Waals surface area contributed by atoms with E-state index in [4.69, 9.17) is 18.9 Å². The van der Waals surface area contributed by atoms with Crippen molar-refractivity contribution in [1.29, 1.82) is 0 Å². The summed E-state index contributed by atoms with van der Waals surface area (Å²) in [6.07, 6.45) is 0.475. The van der Waals surface area contributed by atoms with Gasteiger partial charge in [0.25, 0.3) is 0 Å². The minimum atomic E-state index is -0.665. The monoisotopic (exact) mass is 332 g/mol. The fourth-order valence-corrected chi connectivity index (χ4v) is 4.53. The lowest BCUT2D eigenvalue weighted by Crippen LogP contribution is -2.36. The minimum Gasteiger partial charge on any atom is -0.469 e. The second kappa shape index (κ2) is 5.55. The van der Waals surface area contributed by atoms with E-state index in [1.807, 2.05) is 44.2 Å². The zero-order valence-electron chi connectivity index (χ0n) is 14.4. The van der Waals surface area contributed by atoms with Crippen LogP contribution in [-0.4, -0.2) is 37.7 Å². The van der Waals surface area contributed by atoms with Crippen molar-refractivity contribution < 1.29 is 23.7 Å². The third-order valence-electron chi connectivity index (χ3n) is 5.62. The number of esters is 1. The normalized spacial score (nSPS) is 38.5. The number of benzene rings is 1. The first-order valence-corrected chi connectivity index (χ1v) is 8.54. The third kappa shape index (κ3) is 2.38. The van der Waals surface area contributed by atoms with Crippen molar-refractivity contribution in [2.24, 2.45) is 17.3 Å². The Hall–Kier alpha value is -1.43. The molecular formula is C19H24O5. The highest BCUT2D eigenvalue weighted by atomic mass is 16.8. The van der Waals surface area contributed by atoms with Gasteiger partial charge in [0.1, 0.15) is 11.5 Å². The number of fused-ring (bicyclic) bond motifs is 3. The lowest BCUT2D eigenvalue weighted by atomic mass is 9.98. The molecule has 3 aliphatic rings. The highest BCUT2D eigenvalue weighted by Gasteiger charge is 2.79. The highest BCUT2D eigenvalue weighted by Crippen LogP contribution is 2.70. The molecule has 0 amide bonds. The van der Waals surface area contributed by atoms with Crippen molar-refractivity contribution in [3.05, 3.63) is 35.9 Å². The molecule has 1 heterocycles. The molecule has 0 N–H and O–H groups in total. The van der Waals surface area contributed by atoms with Gasteiger partial charge in [-0.3, -0.25) is 4.79 Å². The van der Waals surface area contributed by atoms with Gasteiger partial charge in [0.15, 0.2) is 5.79 Å². The molecule has 1 aromatic carbocycles. The summed E-state index contributed by atoms with van der Waals surface area (Å²) in [7, 11) is 1.45. The van der Waals surface area contributed by atoms with Crippen molar-refractivity contribution in [2.75, 3.05) is 13.7 Å². The average Bonchev–Trinajstić information content (AvgIpc) is 3.16. The number of methoxy groups -OCH3 is 1. The van der Waals surface area contributed by atoms with E-state index in [9.17, 15) is 4.79 Å². The first kappa shape index (κ1) is 16.1. The number of ether oxygens (including phenoxy) is 4. The van der Waals surface area contributed by atoms with Crippen LogP contribution in [0.3, 0.4) is 0 Å². The number of carbonyl (C=O) groups is 1. The van der Waals surface area contributed by atoms with Crippen LogP contribution >= 0.6 is 0 Å². The third-order valence-corrected chi connectivity index (χ3v) is 5.62. The molecule has 0 unspecified atom stereocenters. The summed E-state index contributed by atoms with van der Waals surface area (Å²) in [5.41, 5.74) is 0.611. The Labute approximate surface area is 142 Å². The van der Waals surface area contributed by atoms with E-state index in [1.165, 1.54) is 7.11 Å². The molecule has 24 heavy (non-hydrogen) atoms. The van der Waals surface area contributed by atoms with Crippen LogP contribution in [0.5, 0.6) is 0 Å². The van der Waals surface area contributed by atoms with E-state index < -0.39 is 11.2 Å². The quantitative estimate of drug-likeness (QED) is 0.776. The van der Waals surface area contributed by atoms with E-state index in [0.717, 1.165) is 12.0 Å². The molecule has 0 aromatic heterocycles. The van der Waals surface area contributed by atoms with Gasteiger partial charge in [0.2, 0.25) is 0 Å². The molecule has 5 atom stereocenters. The van der Waals surface area contributed by atoms with E-state index in [2.05, 4.69) is 0 Å². The zero-order valence-corrected chi connectivity index (χ0v) is 14.4. The van der Waals surface area contributed by atoms with Crippen molar-refractivity contribution in [1.82, 2.24) is 0 Å². The molecule has 1 aliphatic heterocycles.